The van der Waals surface area contributed by atoms with Crippen LogP contribution in [-0.2, 0) is 4.79 Å². The Morgan fingerprint density at radius 1 is 0.969 bits per heavy atom. The molecule has 0 aliphatic heterocycles. The summed E-state index contributed by atoms with van der Waals surface area (Å²) in [5, 5.41) is 6.68. The summed E-state index contributed by atoms with van der Waals surface area (Å²) in [6, 6.07) is 15.3. The lowest BCUT2D eigenvalue weighted by atomic mass is 10.2. The standard InChI is InChI=1S/C23H22N4O5/c1-30-19-6-4-3-5-18(19)26-22(28)15-32-20-8-7-16(13-21(20)31-2)14-25-27-23(29)17-9-11-24-12-10-17/h3-14H,15H2,1-2H3,(H,26,28)(H,27,29)/b25-14+. The van der Waals surface area contributed by atoms with Crippen LogP contribution in [0.1, 0.15) is 15.9 Å². The number of aromatic nitrogens is 1. The lowest BCUT2D eigenvalue weighted by Gasteiger charge is -2.12. The van der Waals surface area contributed by atoms with Crippen molar-refractivity contribution in [2.75, 3.05) is 26.1 Å². The summed E-state index contributed by atoms with van der Waals surface area (Å²) in [5.74, 6) is 0.663. The van der Waals surface area contributed by atoms with E-state index in [1.807, 2.05) is 6.07 Å². The van der Waals surface area contributed by atoms with Crippen molar-refractivity contribution in [2.45, 2.75) is 0 Å². The molecule has 0 unspecified atom stereocenters. The van der Waals surface area contributed by atoms with Gasteiger partial charge in [-0.2, -0.15) is 5.10 Å². The van der Waals surface area contributed by atoms with Crippen molar-refractivity contribution in [3.05, 3.63) is 78.1 Å². The summed E-state index contributed by atoms with van der Waals surface area (Å²) < 4.78 is 16.1. The van der Waals surface area contributed by atoms with E-state index in [1.54, 1.807) is 48.5 Å². The largest absolute Gasteiger partial charge is 0.495 e. The molecule has 3 aromatic rings. The van der Waals surface area contributed by atoms with E-state index in [-0.39, 0.29) is 18.4 Å². The highest BCUT2D eigenvalue weighted by molar-refractivity contribution is 5.95. The number of hydrogen-bond donors (Lipinski definition) is 2. The van der Waals surface area contributed by atoms with Gasteiger partial charge in [0, 0.05) is 18.0 Å². The van der Waals surface area contributed by atoms with Crippen molar-refractivity contribution in [2.24, 2.45) is 5.10 Å². The number of nitrogens with one attached hydrogen (secondary N) is 2. The molecule has 2 aromatic carbocycles. The van der Waals surface area contributed by atoms with Crippen molar-refractivity contribution >= 4 is 23.7 Å². The zero-order valence-electron chi connectivity index (χ0n) is 17.6. The Kier molecular flexibility index (Phi) is 7.74. The number of pyridine rings is 1. The molecule has 0 radical (unpaired) electrons. The summed E-state index contributed by atoms with van der Waals surface area (Å²) in [6.07, 6.45) is 4.53. The predicted molar refractivity (Wildman–Crippen MR) is 119 cm³/mol. The minimum absolute atomic E-state index is 0.218. The first-order valence-corrected chi connectivity index (χ1v) is 9.58. The first kappa shape index (κ1) is 22.3. The molecular formula is C23H22N4O5. The van der Waals surface area contributed by atoms with E-state index < -0.39 is 0 Å². The lowest BCUT2D eigenvalue weighted by Crippen LogP contribution is -2.20. The third-order valence-corrected chi connectivity index (χ3v) is 4.25. The van der Waals surface area contributed by atoms with Crippen LogP contribution in [0.3, 0.4) is 0 Å². The Hall–Kier alpha value is -4.40. The Bertz CT molecular complexity index is 1100. The van der Waals surface area contributed by atoms with Crippen molar-refractivity contribution in [1.82, 2.24) is 10.4 Å². The number of hydrogen-bond acceptors (Lipinski definition) is 7. The van der Waals surface area contributed by atoms with Gasteiger partial charge in [-0.1, -0.05) is 12.1 Å². The van der Waals surface area contributed by atoms with Crippen LogP contribution >= 0.6 is 0 Å². The van der Waals surface area contributed by atoms with E-state index in [1.165, 1.54) is 32.8 Å². The number of carbonyl (C=O) groups is 2. The molecule has 164 valence electrons. The summed E-state index contributed by atoms with van der Waals surface area (Å²) in [4.78, 5) is 28.1. The molecule has 2 N–H and O–H groups in total. The average molecular weight is 434 g/mol. The number of carbonyl (C=O) groups excluding carboxylic acids is 2. The predicted octanol–water partition coefficient (Wildman–Crippen LogP) is 2.88. The maximum atomic E-state index is 12.2. The van der Waals surface area contributed by atoms with Gasteiger partial charge in [-0.3, -0.25) is 14.6 Å². The molecule has 0 fully saturated rings. The van der Waals surface area contributed by atoms with Gasteiger partial charge < -0.3 is 19.5 Å². The Morgan fingerprint density at radius 3 is 2.47 bits per heavy atom. The normalized spacial score (nSPS) is 10.4. The molecule has 3 rings (SSSR count). The SMILES string of the molecule is COc1ccccc1NC(=O)COc1ccc(/C=N/NC(=O)c2ccncc2)cc1OC. The molecule has 0 aliphatic rings. The Balaban J connectivity index is 1.57. The number of para-hydroxylation sites is 2. The number of nitrogens with zero attached hydrogens (tertiary/aromatic N) is 2. The summed E-state index contributed by atoms with van der Waals surface area (Å²) >= 11 is 0. The molecule has 0 saturated heterocycles. The number of ether oxygens (including phenoxy) is 3. The van der Waals surface area contributed by atoms with Crippen molar-refractivity contribution in [1.29, 1.82) is 0 Å². The third-order valence-electron chi connectivity index (χ3n) is 4.25. The summed E-state index contributed by atoms with van der Waals surface area (Å²) in [7, 11) is 3.02. The highest BCUT2D eigenvalue weighted by Crippen LogP contribution is 2.28. The van der Waals surface area contributed by atoms with E-state index >= 15 is 0 Å². The fraction of sp³-hybridized carbons (Fsp3) is 0.130. The molecule has 0 bridgehead atoms. The maximum Gasteiger partial charge on any atom is 0.271 e. The Labute approximate surface area is 185 Å². The van der Waals surface area contributed by atoms with Crippen molar-refractivity contribution in [3.8, 4) is 17.2 Å². The number of anilines is 1. The second kappa shape index (κ2) is 11.1. The van der Waals surface area contributed by atoms with Gasteiger partial charge in [-0.25, -0.2) is 5.43 Å². The van der Waals surface area contributed by atoms with E-state index in [0.29, 0.717) is 34.1 Å². The zero-order valence-corrected chi connectivity index (χ0v) is 17.6. The van der Waals surface area contributed by atoms with Gasteiger partial charge in [0.2, 0.25) is 0 Å². The van der Waals surface area contributed by atoms with Crippen LogP contribution in [-0.4, -0.2) is 43.8 Å². The van der Waals surface area contributed by atoms with Gasteiger partial charge >= 0.3 is 0 Å². The number of methoxy groups -OCH3 is 2. The number of benzene rings is 2. The van der Waals surface area contributed by atoms with Crippen LogP contribution < -0.4 is 25.0 Å². The summed E-state index contributed by atoms with van der Waals surface area (Å²) in [5.41, 5.74) is 4.11. The van der Waals surface area contributed by atoms with Gasteiger partial charge in [0.1, 0.15) is 5.75 Å². The smallest absolute Gasteiger partial charge is 0.271 e. The van der Waals surface area contributed by atoms with Gasteiger partial charge in [-0.05, 0) is 48.0 Å². The molecule has 1 aromatic heterocycles. The third kappa shape index (κ3) is 6.05. The molecule has 0 atom stereocenters. The number of rotatable bonds is 9. The van der Waals surface area contributed by atoms with Crippen LogP contribution in [0.25, 0.3) is 0 Å². The molecule has 0 aliphatic carbocycles. The van der Waals surface area contributed by atoms with Crippen LogP contribution in [0.2, 0.25) is 0 Å². The van der Waals surface area contributed by atoms with Crippen LogP contribution in [0.15, 0.2) is 72.1 Å². The van der Waals surface area contributed by atoms with E-state index in [0.717, 1.165) is 0 Å². The minimum atomic E-state index is -0.350. The zero-order chi connectivity index (χ0) is 22.8. The first-order chi connectivity index (χ1) is 15.6. The fourth-order valence-corrected chi connectivity index (χ4v) is 2.69. The van der Waals surface area contributed by atoms with Crippen LogP contribution in [0, 0.1) is 0 Å². The molecule has 0 spiro atoms. The molecule has 1 heterocycles. The molecule has 2 amide bonds. The maximum absolute atomic E-state index is 12.2. The van der Waals surface area contributed by atoms with Crippen LogP contribution in [0.4, 0.5) is 5.69 Å². The molecule has 32 heavy (non-hydrogen) atoms. The fourth-order valence-electron chi connectivity index (χ4n) is 2.69. The summed E-state index contributed by atoms with van der Waals surface area (Å²) in [6.45, 7) is -0.218. The Morgan fingerprint density at radius 2 is 1.72 bits per heavy atom. The second-order valence-corrected chi connectivity index (χ2v) is 6.38. The first-order valence-electron chi connectivity index (χ1n) is 9.58. The minimum Gasteiger partial charge on any atom is -0.495 e. The van der Waals surface area contributed by atoms with E-state index in [2.05, 4.69) is 20.8 Å². The van der Waals surface area contributed by atoms with E-state index in [9.17, 15) is 9.59 Å². The van der Waals surface area contributed by atoms with Crippen LogP contribution in [0.5, 0.6) is 17.2 Å². The average Bonchev–Trinajstić information content (AvgIpc) is 2.83. The molecule has 9 heteroatoms. The van der Waals surface area contributed by atoms with Gasteiger partial charge in [-0.15, -0.1) is 0 Å². The van der Waals surface area contributed by atoms with Gasteiger partial charge in [0.15, 0.2) is 18.1 Å². The van der Waals surface area contributed by atoms with Gasteiger partial charge in [0.05, 0.1) is 26.1 Å². The quantitative estimate of drug-likeness (QED) is 0.396. The van der Waals surface area contributed by atoms with E-state index in [4.69, 9.17) is 14.2 Å². The lowest BCUT2D eigenvalue weighted by molar-refractivity contribution is -0.118. The van der Waals surface area contributed by atoms with Crippen molar-refractivity contribution in [3.63, 3.8) is 0 Å². The monoisotopic (exact) mass is 434 g/mol. The molecular weight excluding hydrogens is 412 g/mol. The van der Waals surface area contributed by atoms with Gasteiger partial charge in [0.25, 0.3) is 11.8 Å². The molecule has 0 saturated carbocycles. The molecule has 9 nitrogen and oxygen atoms in total. The topological polar surface area (TPSA) is 111 Å². The highest BCUT2D eigenvalue weighted by atomic mass is 16.5. The van der Waals surface area contributed by atoms with Crippen molar-refractivity contribution < 1.29 is 23.8 Å². The highest BCUT2D eigenvalue weighted by Gasteiger charge is 2.11. The number of hydrazone groups is 1. The number of amides is 2. The second-order valence-electron chi connectivity index (χ2n) is 6.38.